The number of rotatable bonds is 8. The van der Waals surface area contributed by atoms with E-state index in [0.717, 1.165) is 24.2 Å². The van der Waals surface area contributed by atoms with Crippen molar-refractivity contribution in [2.75, 3.05) is 50.7 Å². The number of hydrogen-bond donors (Lipinski definition) is 0. The molecule has 0 aromatic heterocycles. The van der Waals surface area contributed by atoms with Crippen molar-refractivity contribution in [3.63, 3.8) is 0 Å². The number of anilines is 1. The molecule has 2 fully saturated rings. The number of amides is 1. The summed E-state index contributed by atoms with van der Waals surface area (Å²) in [6.45, 7) is 5.78. The minimum Gasteiger partial charge on any atom is -0.372 e. The normalized spacial score (nSPS) is 16.8. The fourth-order valence-corrected chi connectivity index (χ4v) is 5.20. The van der Waals surface area contributed by atoms with Gasteiger partial charge in [-0.25, -0.2) is 4.39 Å². The van der Waals surface area contributed by atoms with E-state index >= 15 is 0 Å². The number of nitrogens with zero attached hydrogens (tertiary/aromatic N) is 4. The van der Waals surface area contributed by atoms with E-state index in [1.807, 2.05) is 24.3 Å². The smallest absolute Gasteiger partial charge is 0.256 e. The number of benzene rings is 3. The SMILES string of the molecule is N#Cc1ccc(CO[C@@H](CN2CCN(C(=O)c3ccccc3F)CC2)c2cccc(N3CCCC3)c2)cc1. The van der Waals surface area contributed by atoms with Gasteiger partial charge in [0.2, 0.25) is 0 Å². The lowest BCUT2D eigenvalue weighted by molar-refractivity contribution is 0.00340. The molecule has 2 saturated heterocycles. The van der Waals surface area contributed by atoms with Crippen LogP contribution in [0.15, 0.2) is 72.8 Å². The maximum absolute atomic E-state index is 14.1. The molecular formula is C31H33FN4O2. The van der Waals surface area contributed by atoms with Gasteiger partial charge in [-0.2, -0.15) is 5.26 Å². The van der Waals surface area contributed by atoms with E-state index in [4.69, 9.17) is 10.00 Å². The van der Waals surface area contributed by atoms with Gasteiger partial charge in [0.05, 0.1) is 29.9 Å². The Hall–Kier alpha value is -3.73. The van der Waals surface area contributed by atoms with Crippen LogP contribution in [0.1, 0.15) is 46.0 Å². The number of nitriles is 1. The van der Waals surface area contributed by atoms with Crippen molar-refractivity contribution in [3.8, 4) is 6.07 Å². The second kappa shape index (κ2) is 12.2. The Morgan fingerprint density at radius 1 is 0.921 bits per heavy atom. The number of halogens is 1. The fraction of sp³-hybridized carbons (Fsp3) is 0.355. The molecule has 0 N–H and O–H groups in total. The highest BCUT2D eigenvalue weighted by molar-refractivity contribution is 5.94. The van der Waals surface area contributed by atoms with Crippen LogP contribution in [0, 0.1) is 17.1 Å². The third-order valence-electron chi connectivity index (χ3n) is 7.44. The summed E-state index contributed by atoms with van der Waals surface area (Å²) in [6, 6.07) is 24.5. The van der Waals surface area contributed by atoms with E-state index in [0.29, 0.717) is 44.9 Å². The average Bonchev–Trinajstić information content (AvgIpc) is 3.51. The van der Waals surface area contributed by atoms with Crippen LogP contribution in [0.4, 0.5) is 10.1 Å². The fourth-order valence-electron chi connectivity index (χ4n) is 5.20. The van der Waals surface area contributed by atoms with Gasteiger partial charge >= 0.3 is 0 Å². The number of hydrogen-bond acceptors (Lipinski definition) is 5. The summed E-state index contributed by atoms with van der Waals surface area (Å²) in [5.74, 6) is -0.733. The van der Waals surface area contributed by atoms with Gasteiger partial charge < -0.3 is 14.5 Å². The molecule has 1 amide bonds. The Morgan fingerprint density at radius 3 is 2.37 bits per heavy atom. The second-order valence-corrected chi connectivity index (χ2v) is 9.97. The molecule has 0 bridgehead atoms. The van der Waals surface area contributed by atoms with E-state index < -0.39 is 5.82 Å². The molecule has 0 aliphatic carbocycles. The highest BCUT2D eigenvalue weighted by Gasteiger charge is 2.26. The summed E-state index contributed by atoms with van der Waals surface area (Å²) >= 11 is 0. The van der Waals surface area contributed by atoms with Gasteiger partial charge in [-0.3, -0.25) is 9.69 Å². The van der Waals surface area contributed by atoms with Crippen LogP contribution in [0.25, 0.3) is 0 Å². The Morgan fingerprint density at radius 2 is 1.66 bits per heavy atom. The summed E-state index contributed by atoms with van der Waals surface area (Å²) in [4.78, 5) is 19.3. The largest absolute Gasteiger partial charge is 0.372 e. The molecule has 38 heavy (non-hydrogen) atoms. The van der Waals surface area contributed by atoms with Crippen molar-refractivity contribution >= 4 is 11.6 Å². The Bertz CT molecular complexity index is 1280. The van der Waals surface area contributed by atoms with Crippen LogP contribution >= 0.6 is 0 Å². The molecule has 196 valence electrons. The third kappa shape index (κ3) is 6.21. The first-order valence-electron chi connectivity index (χ1n) is 13.3. The van der Waals surface area contributed by atoms with Crippen LogP contribution in [-0.4, -0.2) is 61.5 Å². The summed E-state index contributed by atoms with van der Waals surface area (Å²) in [5.41, 5.74) is 4.14. The van der Waals surface area contributed by atoms with E-state index in [1.54, 1.807) is 23.1 Å². The van der Waals surface area contributed by atoms with Crippen molar-refractivity contribution in [3.05, 3.63) is 101 Å². The maximum atomic E-state index is 14.1. The van der Waals surface area contributed by atoms with Gasteiger partial charge in [-0.05, 0) is 60.4 Å². The molecule has 3 aromatic rings. The summed E-state index contributed by atoms with van der Waals surface area (Å²) in [7, 11) is 0. The molecule has 7 heteroatoms. The van der Waals surface area contributed by atoms with Crippen LogP contribution in [0.2, 0.25) is 0 Å². The zero-order chi connectivity index (χ0) is 26.3. The van der Waals surface area contributed by atoms with Gasteiger partial charge in [0.1, 0.15) is 5.82 Å². The number of piperazine rings is 1. The second-order valence-electron chi connectivity index (χ2n) is 9.97. The molecule has 0 saturated carbocycles. The zero-order valence-corrected chi connectivity index (χ0v) is 21.6. The standard InChI is InChI=1S/C31H33FN4O2/c32-29-9-2-1-8-28(29)31(37)36-18-16-34(17-19-36)22-30(38-23-25-12-10-24(21-33)11-13-25)26-6-5-7-27(20-26)35-14-3-4-15-35/h1-2,5-13,20,30H,3-4,14-19,22-23H2/t30-/m0/s1. The molecule has 6 nitrogen and oxygen atoms in total. The van der Waals surface area contributed by atoms with Crippen LogP contribution in [-0.2, 0) is 11.3 Å². The van der Waals surface area contributed by atoms with E-state index in [1.165, 1.54) is 24.6 Å². The Kier molecular flexibility index (Phi) is 8.32. The summed E-state index contributed by atoms with van der Waals surface area (Å²) in [6.07, 6.45) is 2.29. The number of carbonyl (C=O) groups excluding carboxylic acids is 1. The van der Waals surface area contributed by atoms with E-state index in [9.17, 15) is 9.18 Å². The molecule has 0 spiro atoms. The Balaban J connectivity index is 1.27. The predicted molar refractivity (Wildman–Crippen MR) is 145 cm³/mol. The molecule has 1 atom stereocenters. The van der Waals surface area contributed by atoms with Crippen LogP contribution in [0.3, 0.4) is 0 Å². The minimum absolute atomic E-state index is 0.128. The molecule has 3 aromatic carbocycles. The van der Waals surface area contributed by atoms with Gasteiger partial charge in [0.15, 0.2) is 0 Å². The monoisotopic (exact) mass is 512 g/mol. The lowest BCUT2D eigenvalue weighted by atomic mass is 10.1. The predicted octanol–water partition coefficient (Wildman–Crippen LogP) is 5.01. The summed E-state index contributed by atoms with van der Waals surface area (Å²) in [5, 5.41) is 9.09. The molecule has 0 unspecified atom stereocenters. The first-order chi connectivity index (χ1) is 18.6. The number of carbonyl (C=O) groups is 1. The van der Waals surface area contributed by atoms with Crippen molar-refractivity contribution in [2.24, 2.45) is 0 Å². The quantitative estimate of drug-likeness (QED) is 0.425. The zero-order valence-electron chi connectivity index (χ0n) is 21.6. The van der Waals surface area contributed by atoms with Crippen molar-refractivity contribution in [1.29, 1.82) is 5.26 Å². The average molecular weight is 513 g/mol. The summed E-state index contributed by atoms with van der Waals surface area (Å²) < 4.78 is 20.6. The first-order valence-corrected chi connectivity index (χ1v) is 13.3. The van der Waals surface area contributed by atoms with Gasteiger partial charge in [0.25, 0.3) is 5.91 Å². The molecular weight excluding hydrogens is 479 g/mol. The highest BCUT2D eigenvalue weighted by atomic mass is 19.1. The van der Waals surface area contributed by atoms with Crippen LogP contribution < -0.4 is 4.90 Å². The van der Waals surface area contributed by atoms with E-state index in [2.05, 4.69) is 40.1 Å². The molecule has 2 aliphatic heterocycles. The maximum Gasteiger partial charge on any atom is 0.256 e. The van der Waals surface area contributed by atoms with Gasteiger partial charge in [-0.15, -0.1) is 0 Å². The number of ether oxygens (including phenoxy) is 1. The van der Waals surface area contributed by atoms with Crippen molar-refractivity contribution in [2.45, 2.75) is 25.6 Å². The topological polar surface area (TPSA) is 59.8 Å². The molecule has 2 heterocycles. The molecule has 2 aliphatic rings. The highest BCUT2D eigenvalue weighted by Crippen LogP contribution is 2.28. The minimum atomic E-state index is -0.478. The van der Waals surface area contributed by atoms with Crippen LogP contribution in [0.5, 0.6) is 0 Å². The molecule has 5 rings (SSSR count). The lowest BCUT2D eigenvalue weighted by Crippen LogP contribution is -2.49. The third-order valence-corrected chi connectivity index (χ3v) is 7.44. The van der Waals surface area contributed by atoms with Crippen molar-refractivity contribution < 1.29 is 13.9 Å². The van der Waals surface area contributed by atoms with Gasteiger partial charge in [-0.1, -0.05) is 36.4 Å². The van der Waals surface area contributed by atoms with Crippen molar-refractivity contribution in [1.82, 2.24) is 9.80 Å². The van der Waals surface area contributed by atoms with Gasteiger partial charge in [0, 0.05) is 51.5 Å². The lowest BCUT2D eigenvalue weighted by Gasteiger charge is -2.36. The Labute approximate surface area is 223 Å². The first kappa shape index (κ1) is 25.9. The van der Waals surface area contributed by atoms with E-state index in [-0.39, 0.29) is 17.6 Å². The molecule has 0 radical (unpaired) electrons.